The Hall–Kier alpha value is -3.22. The van der Waals surface area contributed by atoms with Gasteiger partial charge in [-0.15, -0.1) is 0 Å². The molecule has 0 unspecified atom stereocenters. The fourth-order valence-electron chi connectivity index (χ4n) is 3.61. The molecule has 3 aromatic carbocycles. The van der Waals surface area contributed by atoms with Crippen molar-refractivity contribution in [3.8, 4) is 0 Å². The van der Waals surface area contributed by atoms with Gasteiger partial charge in [0.15, 0.2) is 0 Å². The van der Waals surface area contributed by atoms with Crippen molar-refractivity contribution in [1.82, 2.24) is 4.90 Å². The Morgan fingerprint density at radius 3 is 2.35 bits per heavy atom. The Balaban J connectivity index is 1.81. The fraction of sp³-hybridized carbons (Fsp3) is 0.280. The van der Waals surface area contributed by atoms with E-state index in [1.54, 1.807) is 7.05 Å². The summed E-state index contributed by atoms with van der Waals surface area (Å²) in [5.74, 6) is -0.510. The van der Waals surface area contributed by atoms with Crippen molar-refractivity contribution in [3.63, 3.8) is 0 Å². The molecule has 162 valence electrons. The molecule has 0 fully saturated rings. The zero-order valence-electron chi connectivity index (χ0n) is 17.8. The number of fused-ring (bicyclic) bond motifs is 1. The van der Waals surface area contributed by atoms with Crippen molar-refractivity contribution in [3.05, 3.63) is 78.4 Å². The molecule has 0 heterocycles. The van der Waals surface area contributed by atoms with E-state index in [-0.39, 0.29) is 11.8 Å². The summed E-state index contributed by atoms with van der Waals surface area (Å²) in [6.07, 6.45) is 1.55. The molecule has 0 aliphatic rings. The van der Waals surface area contributed by atoms with Gasteiger partial charge in [0, 0.05) is 19.2 Å². The summed E-state index contributed by atoms with van der Waals surface area (Å²) in [6.45, 7) is 0.473. The Morgan fingerprint density at radius 1 is 0.968 bits per heavy atom. The molecule has 0 aliphatic heterocycles. The van der Waals surface area contributed by atoms with Crippen molar-refractivity contribution in [2.24, 2.45) is 11.5 Å². The van der Waals surface area contributed by atoms with Gasteiger partial charge >= 0.3 is 0 Å². The van der Waals surface area contributed by atoms with E-state index >= 15 is 0 Å². The molecule has 0 saturated heterocycles. The van der Waals surface area contributed by atoms with Gasteiger partial charge in [-0.3, -0.25) is 9.59 Å². The topological polar surface area (TPSA) is 101 Å². The lowest BCUT2D eigenvalue weighted by Gasteiger charge is -2.29. The predicted molar refractivity (Wildman–Crippen MR) is 126 cm³/mol. The van der Waals surface area contributed by atoms with E-state index in [1.165, 1.54) is 4.90 Å². The highest BCUT2D eigenvalue weighted by molar-refractivity contribution is 5.99. The van der Waals surface area contributed by atoms with E-state index < -0.39 is 12.1 Å². The first-order valence-electron chi connectivity index (χ1n) is 10.6. The molecule has 6 heteroatoms. The number of anilines is 1. The number of nitrogens with two attached hydrogens (primary N) is 2. The quantitative estimate of drug-likeness (QED) is 0.497. The van der Waals surface area contributed by atoms with Crippen molar-refractivity contribution < 1.29 is 9.59 Å². The van der Waals surface area contributed by atoms with Crippen LogP contribution in [0.25, 0.3) is 10.8 Å². The highest BCUT2D eigenvalue weighted by atomic mass is 16.2. The number of nitrogens with one attached hydrogen (secondary N) is 1. The largest absolute Gasteiger partial charge is 0.332 e. The summed E-state index contributed by atoms with van der Waals surface area (Å²) in [4.78, 5) is 27.6. The maximum Gasteiger partial charge on any atom is 0.247 e. The minimum atomic E-state index is -0.690. The number of benzene rings is 3. The van der Waals surface area contributed by atoms with E-state index in [1.807, 2.05) is 72.8 Å². The summed E-state index contributed by atoms with van der Waals surface area (Å²) in [6, 6.07) is 22.0. The van der Waals surface area contributed by atoms with E-state index in [0.29, 0.717) is 31.5 Å². The molecule has 0 bridgehead atoms. The second-order valence-electron chi connectivity index (χ2n) is 7.74. The second kappa shape index (κ2) is 10.7. The van der Waals surface area contributed by atoms with Gasteiger partial charge < -0.3 is 21.7 Å². The lowest BCUT2D eigenvalue weighted by Crippen LogP contribution is -2.51. The molecule has 0 aliphatic carbocycles. The zero-order chi connectivity index (χ0) is 22.2. The number of carbonyl (C=O) groups is 2. The Labute approximate surface area is 183 Å². The van der Waals surface area contributed by atoms with Gasteiger partial charge in [0.05, 0.1) is 6.04 Å². The third kappa shape index (κ3) is 5.90. The van der Waals surface area contributed by atoms with Crippen molar-refractivity contribution >= 4 is 28.3 Å². The number of amides is 2. The molecule has 0 spiro atoms. The first-order chi connectivity index (χ1) is 15.0. The second-order valence-corrected chi connectivity index (χ2v) is 7.74. The molecule has 5 N–H and O–H groups in total. The Morgan fingerprint density at radius 2 is 1.65 bits per heavy atom. The van der Waals surface area contributed by atoms with Crippen LogP contribution < -0.4 is 16.8 Å². The lowest BCUT2D eigenvalue weighted by atomic mass is 10.0. The van der Waals surface area contributed by atoms with Crippen LogP contribution in [0.2, 0.25) is 0 Å². The maximum atomic E-state index is 13.3. The van der Waals surface area contributed by atoms with Gasteiger partial charge in [-0.2, -0.15) is 0 Å². The molecular weight excluding hydrogens is 388 g/mol. The number of likely N-dealkylation sites (N-methyl/N-ethyl adjacent to an activating group) is 1. The third-order valence-electron chi connectivity index (χ3n) is 5.44. The standard InChI is InChI=1S/C25H30N4O2/c1-29(25(31)22(27)12-7-15-26)23(16-18-8-3-2-4-9-18)24(30)28-21-14-13-19-10-5-6-11-20(19)17-21/h2-6,8-11,13-14,17,22-23H,7,12,15-16,26-27H2,1H3,(H,28,30)/t22-,23+/m1/s1. The molecule has 2 atom stereocenters. The van der Waals surface area contributed by atoms with Crippen molar-refractivity contribution in [2.75, 3.05) is 18.9 Å². The normalized spacial score (nSPS) is 12.9. The van der Waals surface area contributed by atoms with Crippen LogP contribution in [0.4, 0.5) is 5.69 Å². The summed E-state index contributed by atoms with van der Waals surface area (Å²) >= 11 is 0. The number of rotatable bonds is 9. The van der Waals surface area contributed by atoms with E-state index in [4.69, 9.17) is 11.5 Å². The molecule has 31 heavy (non-hydrogen) atoms. The van der Waals surface area contributed by atoms with Crippen LogP contribution in [0.5, 0.6) is 0 Å². The van der Waals surface area contributed by atoms with E-state index in [0.717, 1.165) is 16.3 Å². The van der Waals surface area contributed by atoms with Gasteiger partial charge in [-0.05, 0) is 47.9 Å². The average molecular weight is 419 g/mol. The molecular formula is C25H30N4O2. The number of nitrogens with zero attached hydrogens (tertiary/aromatic N) is 1. The smallest absolute Gasteiger partial charge is 0.247 e. The molecule has 3 aromatic rings. The molecule has 0 radical (unpaired) electrons. The number of carbonyl (C=O) groups excluding carboxylic acids is 2. The molecule has 0 aromatic heterocycles. The summed E-state index contributed by atoms with van der Waals surface area (Å²) in [7, 11) is 1.64. The Bertz CT molecular complexity index is 1020. The van der Waals surface area contributed by atoms with Gasteiger partial charge in [-0.1, -0.05) is 60.7 Å². The number of hydrogen-bond acceptors (Lipinski definition) is 4. The van der Waals surface area contributed by atoms with Crippen LogP contribution in [0, 0.1) is 0 Å². The lowest BCUT2D eigenvalue weighted by molar-refractivity contribution is -0.138. The van der Waals surface area contributed by atoms with Crippen LogP contribution in [0.15, 0.2) is 72.8 Å². The van der Waals surface area contributed by atoms with Gasteiger partial charge in [0.2, 0.25) is 11.8 Å². The van der Waals surface area contributed by atoms with Crippen molar-refractivity contribution in [2.45, 2.75) is 31.3 Å². The summed E-state index contributed by atoms with van der Waals surface area (Å²) < 4.78 is 0. The minimum absolute atomic E-state index is 0.249. The molecule has 2 amide bonds. The molecule has 0 saturated carbocycles. The molecule has 3 rings (SSSR count). The number of hydrogen-bond donors (Lipinski definition) is 3. The highest BCUT2D eigenvalue weighted by Gasteiger charge is 2.30. The van der Waals surface area contributed by atoms with Gasteiger partial charge in [-0.25, -0.2) is 0 Å². The summed E-state index contributed by atoms with van der Waals surface area (Å²) in [5.41, 5.74) is 13.3. The van der Waals surface area contributed by atoms with Gasteiger partial charge in [0.1, 0.15) is 6.04 Å². The highest BCUT2D eigenvalue weighted by Crippen LogP contribution is 2.20. The summed E-state index contributed by atoms with van der Waals surface area (Å²) in [5, 5.41) is 5.11. The zero-order valence-corrected chi connectivity index (χ0v) is 17.8. The first-order valence-corrected chi connectivity index (χ1v) is 10.6. The van der Waals surface area contributed by atoms with Crippen LogP contribution in [0.1, 0.15) is 18.4 Å². The third-order valence-corrected chi connectivity index (χ3v) is 5.44. The maximum absolute atomic E-state index is 13.3. The van der Waals surface area contributed by atoms with Crippen LogP contribution in [-0.2, 0) is 16.0 Å². The van der Waals surface area contributed by atoms with E-state index in [9.17, 15) is 9.59 Å². The van der Waals surface area contributed by atoms with E-state index in [2.05, 4.69) is 5.32 Å². The first kappa shape index (κ1) is 22.5. The predicted octanol–water partition coefficient (Wildman–Crippen LogP) is 2.91. The van der Waals surface area contributed by atoms with Crippen LogP contribution in [0.3, 0.4) is 0 Å². The molecule has 6 nitrogen and oxygen atoms in total. The minimum Gasteiger partial charge on any atom is -0.332 e. The average Bonchev–Trinajstić information content (AvgIpc) is 2.80. The van der Waals surface area contributed by atoms with Crippen LogP contribution >= 0.6 is 0 Å². The van der Waals surface area contributed by atoms with Crippen molar-refractivity contribution in [1.29, 1.82) is 0 Å². The SMILES string of the molecule is CN(C(=O)[C@H](N)CCCN)[C@@H](Cc1ccccc1)C(=O)Nc1ccc2ccccc2c1. The monoisotopic (exact) mass is 418 g/mol. The van der Waals surface area contributed by atoms with Crippen LogP contribution in [-0.4, -0.2) is 42.4 Å². The van der Waals surface area contributed by atoms with Gasteiger partial charge in [0.25, 0.3) is 0 Å². The Kier molecular flexibility index (Phi) is 7.76. The fourth-order valence-corrected chi connectivity index (χ4v) is 3.61.